The number of unbranched alkanes of at least 4 members (excludes halogenated alkanes) is 1. The second-order valence-corrected chi connectivity index (χ2v) is 16.1. The van der Waals surface area contributed by atoms with E-state index in [2.05, 4.69) is 39.5 Å². The molecule has 6 heteroatoms. The van der Waals surface area contributed by atoms with Crippen LogP contribution in [0.4, 0.5) is 0 Å². The van der Waals surface area contributed by atoms with Gasteiger partial charge < -0.3 is 21.3 Å². The molecule has 0 bridgehead atoms. The van der Waals surface area contributed by atoms with Gasteiger partial charge in [-0.15, -0.1) is 0 Å². The standard InChI is InChI=1S/C36H67N3O3/c1-25(2)11-9-12-26(3)30-13-14-31-29-23-33(39(22-10-20-38)21-8-7-19-37)36(41)24-28(42-27(4)40)15-18-35(36,6)32(29)16-17-34(30,31)5/h25-26,28-33,41H,7-24,37-38H2,1-6H3/t26-,28+,29?,30-,31+,32+,33-,34-,35-,36+/m1/s1. The summed E-state index contributed by atoms with van der Waals surface area (Å²) in [6, 6.07) is 0.0660. The molecule has 5 N–H and O–H groups in total. The summed E-state index contributed by atoms with van der Waals surface area (Å²) in [5, 5.41) is 13.1. The quantitative estimate of drug-likeness (QED) is 0.157. The Hall–Kier alpha value is -0.690. The highest BCUT2D eigenvalue weighted by Gasteiger charge is 2.68. The van der Waals surface area contributed by atoms with Crippen molar-refractivity contribution in [2.24, 2.45) is 57.8 Å². The minimum Gasteiger partial charge on any atom is -0.462 e. The Balaban J connectivity index is 1.65. The fourth-order valence-electron chi connectivity index (χ4n) is 11.2. The Morgan fingerprint density at radius 1 is 0.929 bits per heavy atom. The Morgan fingerprint density at radius 2 is 1.64 bits per heavy atom. The van der Waals surface area contributed by atoms with Gasteiger partial charge in [-0.05, 0) is 131 Å². The number of carbonyl (C=O) groups excluding carboxylic acids is 1. The highest BCUT2D eigenvalue weighted by atomic mass is 16.5. The fourth-order valence-corrected chi connectivity index (χ4v) is 11.2. The van der Waals surface area contributed by atoms with E-state index in [-0.39, 0.29) is 23.5 Å². The second kappa shape index (κ2) is 14.2. The first-order chi connectivity index (χ1) is 19.9. The van der Waals surface area contributed by atoms with E-state index in [1.54, 1.807) is 0 Å². The third kappa shape index (κ3) is 6.63. The first kappa shape index (κ1) is 34.2. The molecule has 4 aliphatic carbocycles. The average molecular weight is 590 g/mol. The zero-order valence-corrected chi connectivity index (χ0v) is 28.2. The molecule has 0 heterocycles. The highest BCUT2D eigenvalue weighted by molar-refractivity contribution is 5.66. The number of carbonyl (C=O) groups is 1. The van der Waals surface area contributed by atoms with Gasteiger partial charge in [-0.3, -0.25) is 9.69 Å². The molecule has 42 heavy (non-hydrogen) atoms. The largest absolute Gasteiger partial charge is 0.462 e. The van der Waals surface area contributed by atoms with Crippen LogP contribution in [0.5, 0.6) is 0 Å². The van der Waals surface area contributed by atoms with Crippen LogP contribution in [0.15, 0.2) is 0 Å². The maximum atomic E-state index is 13.1. The van der Waals surface area contributed by atoms with Crippen LogP contribution in [0.25, 0.3) is 0 Å². The molecule has 0 aromatic heterocycles. The molecule has 0 radical (unpaired) electrons. The van der Waals surface area contributed by atoms with E-state index < -0.39 is 5.60 Å². The minimum atomic E-state index is -0.875. The Morgan fingerprint density at radius 3 is 2.31 bits per heavy atom. The van der Waals surface area contributed by atoms with Crippen molar-refractivity contribution in [1.29, 1.82) is 0 Å². The molecular weight excluding hydrogens is 522 g/mol. The van der Waals surface area contributed by atoms with Crippen LogP contribution in [-0.2, 0) is 9.53 Å². The summed E-state index contributed by atoms with van der Waals surface area (Å²) in [6.07, 6.45) is 15.5. The molecule has 0 saturated heterocycles. The molecule has 1 unspecified atom stereocenters. The van der Waals surface area contributed by atoms with Crippen molar-refractivity contribution in [2.75, 3.05) is 26.2 Å². The van der Waals surface area contributed by atoms with Gasteiger partial charge in [0.05, 0.1) is 5.60 Å². The fraction of sp³-hybridized carbons (Fsp3) is 0.972. The predicted molar refractivity (Wildman–Crippen MR) is 173 cm³/mol. The number of ether oxygens (including phenoxy) is 1. The molecule has 0 amide bonds. The first-order valence-corrected chi connectivity index (χ1v) is 17.9. The van der Waals surface area contributed by atoms with E-state index in [1.807, 2.05) is 0 Å². The molecule has 10 atom stereocenters. The van der Waals surface area contributed by atoms with Gasteiger partial charge in [0.1, 0.15) is 6.10 Å². The van der Waals surface area contributed by atoms with E-state index in [0.717, 1.165) is 75.3 Å². The third-order valence-corrected chi connectivity index (χ3v) is 13.3. The van der Waals surface area contributed by atoms with Crippen LogP contribution in [-0.4, -0.2) is 59.9 Å². The molecule has 0 spiro atoms. The molecular formula is C36H67N3O3. The van der Waals surface area contributed by atoms with Crippen molar-refractivity contribution in [3.05, 3.63) is 0 Å². The van der Waals surface area contributed by atoms with Gasteiger partial charge in [0.2, 0.25) is 0 Å². The third-order valence-electron chi connectivity index (χ3n) is 13.3. The van der Waals surface area contributed by atoms with Crippen molar-refractivity contribution in [3.8, 4) is 0 Å². The smallest absolute Gasteiger partial charge is 0.302 e. The lowest BCUT2D eigenvalue weighted by Gasteiger charge is -2.67. The van der Waals surface area contributed by atoms with E-state index in [9.17, 15) is 9.90 Å². The SMILES string of the molecule is CC(=O)O[C@H]1CC[C@]2(C)[C@H]3CC[C@]4(C)[C@@H]([C@H](C)CCCC(C)C)CC[C@H]4C3C[C@@H](N(CCCN)CCCCN)[C@@]2(O)C1. The highest BCUT2D eigenvalue weighted by Crippen LogP contribution is 2.69. The second-order valence-electron chi connectivity index (χ2n) is 16.1. The lowest BCUT2D eigenvalue weighted by molar-refractivity contribution is -0.253. The normalized spacial score (nSPS) is 40.5. The number of rotatable bonds is 14. The number of hydrogen-bond donors (Lipinski definition) is 3. The molecule has 6 nitrogen and oxygen atoms in total. The topological polar surface area (TPSA) is 102 Å². The number of nitrogens with two attached hydrogens (primary N) is 2. The molecule has 4 saturated carbocycles. The summed E-state index contributed by atoms with van der Waals surface area (Å²) in [7, 11) is 0. The van der Waals surface area contributed by atoms with Gasteiger partial charge in [-0.2, -0.15) is 0 Å². The predicted octanol–water partition coefficient (Wildman–Crippen LogP) is 6.52. The molecule has 0 aliphatic heterocycles. The van der Waals surface area contributed by atoms with E-state index in [4.69, 9.17) is 16.2 Å². The first-order valence-electron chi connectivity index (χ1n) is 17.9. The molecule has 4 aliphatic rings. The zero-order valence-electron chi connectivity index (χ0n) is 28.2. The minimum absolute atomic E-state index is 0.0660. The average Bonchev–Trinajstić information content (AvgIpc) is 3.28. The van der Waals surface area contributed by atoms with Crippen LogP contribution in [0.2, 0.25) is 0 Å². The maximum Gasteiger partial charge on any atom is 0.302 e. The molecule has 0 aromatic rings. The van der Waals surface area contributed by atoms with Gasteiger partial charge in [0.25, 0.3) is 0 Å². The van der Waals surface area contributed by atoms with Crippen molar-refractivity contribution in [1.82, 2.24) is 4.90 Å². The Labute approximate surface area is 258 Å². The number of nitrogens with zero attached hydrogens (tertiary/aromatic N) is 1. The maximum absolute atomic E-state index is 13.1. The summed E-state index contributed by atoms with van der Waals surface area (Å²) in [5.41, 5.74) is 11.3. The van der Waals surface area contributed by atoms with Crippen LogP contribution < -0.4 is 11.5 Å². The summed E-state index contributed by atoms with van der Waals surface area (Å²) in [5.74, 6) is 4.09. The van der Waals surface area contributed by atoms with Gasteiger partial charge in [-0.25, -0.2) is 0 Å². The van der Waals surface area contributed by atoms with Crippen LogP contribution in [0.3, 0.4) is 0 Å². The monoisotopic (exact) mass is 590 g/mol. The summed E-state index contributed by atoms with van der Waals surface area (Å²) in [6.45, 7) is 17.1. The summed E-state index contributed by atoms with van der Waals surface area (Å²) < 4.78 is 5.81. The van der Waals surface area contributed by atoms with Crippen molar-refractivity contribution in [2.45, 2.75) is 149 Å². The molecule has 4 fully saturated rings. The van der Waals surface area contributed by atoms with Crippen LogP contribution >= 0.6 is 0 Å². The summed E-state index contributed by atoms with van der Waals surface area (Å²) >= 11 is 0. The van der Waals surface area contributed by atoms with Gasteiger partial charge in [0, 0.05) is 24.8 Å². The molecule has 244 valence electrons. The lowest BCUT2D eigenvalue weighted by atomic mass is 9.41. The van der Waals surface area contributed by atoms with Crippen molar-refractivity contribution in [3.63, 3.8) is 0 Å². The van der Waals surface area contributed by atoms with E-state index in [1.165, 1.54) is 51.9 Å². The van der Waals surface area contributed by atoms with E-state index in [0.29, 0.717) is 36.8 Å². The molecule has 4 rings (SSSR count). The lowest BCUT2D eigenvalue weighted by Crippen LogP contribution is -2.72. The van der Waals surface area contributed by atoms with Gasteiger partial charge in [0.15, 0.2) is 0 Å². The zero-order chi connectivity index (χ0) is 30.7. The number of aliphatic hydroxyl groups is 1. The van der Waals surface area contributed by atoms with Gasteiger partial charge >= 0.3 is 5.97 Å². The Kier molecular flexibility index (Phi) is 11.5. The van der Waals surface area contributed by atoms with Crippen molar-refractivity contribution >= 4 is 5.97 Å². The van der Waals surface area contributed by atoms with Crippen molar-refractivity contribution < 1.29 is 14.6 Å². The number of hydrogen-bond acceptors (Lipinski definition) is 6. The van der Waals surface area contributed by atoms with Crippen LogP contribution in [0, 0.1) is 46.3 Å². The Bertz CT molecular complexity index is 883. The number of fused-ring (bicyclic) bond motifs is 5. The molecule has 0 aromatic carbocycles. The van der Waals surface area contributed by atoms with E-state index >= 15 is 0 Å². The summed E-state index contributed by atoms with van der Waals surface area (Å²) in [4.78, 5) is 14.6. The van der Waals surface area contributed by atoms with Gasteiger partial charge in [-0.1, -0.05) is 53.9 Å². The van der Waals surface area contributed by atoms with Crippen LogP contribution in [0.1, 0.15) is 131 Å². The number of esters is 1.